The lowest BCUT2D eigenvalue weighted by molar-refractivity contribution is -0.155. The van der Waals surface area contributed by atoms with Crippen molar-refractivity contribution in [1.82, 2.24) is 0 Å². The molecule has 0 spiro atoms. The van der Waals surface area contributed by atoms with E-state index >= 15 is 0 Å². The summed E-state index contributed by atoms with van der Waals surface area (Å²) in [5.74, 6) is 0. The molecular formula is C15H28O4. The summed E-state index contributed by atoms with van der Waals surface area (Å²) in [6.45, 7) is 10.6. The minimum atomic E-state index is -0.967. The highest BCUT2D eigenvalue weighted by Gasteiger charge is 2.46. The molecule has 1 fully saturated rings. The predicted molar refractivity (Wildman–Crippen MR) is 74.9 cm³/mol. The van der Waals surface area contributed by atoms with Crippen molar-refractivity contribution >= 4 is 0 Å². The third-order valence-electron chi connectivity index (χ3n) is 4.17. The molecule has 19 heavy (non-hydrogen) atoms. The first-order valence-electron chi connectivity index (χ1n) is 6.94. The standard InChI is InChI=1S/C15H28O4/c1-6-14(4,18)9-7-11(16)15(5)10-8-12(19-15)13(2,3)17/h6,11-12,16-18H,1,7-10H2,2-5H3/t11-,12-,14+,15-/m1/s1. The second-order valence-electron chi connectivity index (χ2n) is 6.73. The van der Waals surface area contributed by atoms with Crippen LogP contribution in [0, 0.1) is 0 Å². The summed E-state index contributed by atoms with van der Waals surface area (Å²) in [7, 11) is 0. The molecule has 0 amide bonds. The number of ether oxygens (including phenoxy) is 1. The molecule has 0 radical (unpaired) electrons. The van der Waals surface area contributed by atoms with Crippen molar-refractivity contribution in [2.75, 3.05) is 0 Å². The molecule has 0 aliphatic carbocycles. The van der Waals surface area contributed by atoms with Crippen LogP contribution in [0.5, 0.6) is 0 Å². The summed E-state index contributed by atoms with van der Waals surface area (Å²) in [5, 5.41) is 30.1. The monoisotopic (exact) mass is 272 g/mol. The largest absolute Gasteiger partial charge is 0.390 e. The zero-order valence-corrected chi connectivity index (χ0v) is 12.5. The molecular weight excluding hydrogens is 244 g/mol. The first-order valence-corrected chi connectivity index (χ1v) is 6.94. The van der Waals surface area contributed by atoms with Crippen LogP contribution in [0.2, 0.25) is 0 Å². The molecule has 1 aliphatic rings. The van der Waals surface area contributed by atoms with Crippen molar-refractivity contribution in [2.45, 2.75) is 82.4 Å². The predicted octanol–water partition coefficient (Wildman–Crippen LogP) is 1.77. The summed E-state index contributed by atoms with van der Waals surface area (Å²) < 4.78 is 5.87. The molecule has 1 saturated heterocycles. The van der Waals surface area contributed by atoms with Gasteiger partial charge in [-0.15, -0.1) is 6.58 Å². The third kappa shape index (κ3) is 4.28. The summed E-state index contributed by atoms with van der Waals surface area (Å²) in [6, 6.07) is 0. The van der Waals surface area contributed by atoms with Crippen molar-refractivity contribution in [1.29, 1.82) is 0 Å². The van der Waals surface area contributed by atoms with Crippen LogP contribution in [0.1, 0.15) is 53.4 Å². The van der Waals surface area contributed by atoms with Crippen LogP contribution < -0.4 is 0 Å². The second-order valence-corrected chi connectivity index (χ2v) is 6.73. The summed E-state index contributed by atoms with van der Waals surface area (Å²) >= 11 is 0. The van der Waals surface area contributed by atoms with Crippen LogP contribution in [0.3, 0.4) is 0 Å². The molecule has 4 heteroatoms. The molecule has 112 valence electrons. The Morgan fingerprint density at radius 2 is 2.00 bits per heavy atom. The van der Waals surface area contributed by atoms with Gasteiger partial charge in [0.25, 0.3) is 0 Å². The van der Waals surface area contributed by atoms with Crippen LogP contribution in [0.15, 0.2) is 12.7 Å². The zero-order valence-electron chi connectivity index (χ0n) is 12.5. The maximum Gasteiger partial charge on any atom is 0.0918 e. The number of rotatable bonds is 6. The molecule has 1 aliphatic heterocycles. The fourth-order valence-corrected chi connectivity index (χ4v) is 2.44. The van der Waals surface area contributed by atoms with E-state index in [0.717, 1.165) is 6.42 Å². The molecule has 1 rings (SSSR count). The molecule has 4 nitrogen and oxygen atoms in total. The van der Waals surface area contributed by atoms with Gasteiger partial charge in [0.1, 0.15) is 0 Å². The molecule has 0 aromatic rings. The fraction of sp³-hybridized carbons (Fsp3) is 0.867. The Kier molecular flexibility index (Phi) is 4.84. The Morgan fingerprint density at radius 3 is 2.42 bits per heavy atom. The number of hydrogen-bond acceptors (Lipinski definition) is 4. The summed E-state index contributed by atoms with van der Waals surface area (Å²) in [4.78, 5) is 0. The number of aliphatic hydroxyl groups excluding tert-OH is 1. The highest BCUT2D eigenvalue weighted by molar-refractivity contribution is 4.98. The first kappa shape index (κ1) is 16.6. The first-order chi connectivity index (χ1) is 8.50. The van der Waals surface area contributed by atoms with Crippen molar-refractivity contribution in [3.63, 3.8) is 0 Å². The van der Waals surface area contributed by atoms with Gasteiger partial charge in [-0.3, -0.25) is 0 Å². The van der Waals surface area contributed by atoms with Gasteiger partial charge in [-0.2, -0.15) is 0 Å². The molecule has 1 heterocycles. The lowest BCUT2D eigenvalue weighted by Gasteiger charge is -2.34. The van der Waals surface area contributed by atoms with E-state index in [9.17, 15) is 15.3 Å². The second kappa shape index (κ2) is 5.52. The van der Waals surface area contributed by atoms with E-state index in [0.29, 0.717) is 19.3 Å². The van der Waals surface area contributed by atoms with Gasteiger partial charge in [-0.05, 0) is 53.4 Å². The Balaban J connectivity index is 2.58. The topological polar surface area (TPSA) is 69.9 Å². The van der Waals surface area contributed by atoms with E-state index in [-0.39, 0.29) is 6.10 Å². The minimum absolute atomic E-state index is 0.257. The van der Waals surface area contributed by atoms with Crippen LogP contribution >= 0.6 is 0 Å². The van der Waals surface area contributed by atoms with Gasteiger partial charge in [0, 0.05) is 0 Å². The molecule has 4 atom stereocenters. The van der Waals surface area contributed by atoms with E-state index in [1.807, 2.05) is 6.92 Å². The van der Waals surface area contributed by atoms with Gasteiger partial charge >= 0.3 is 0 Å². The summed E-state index contributed by atoms with van der Waals surface area (Å²) in [6.07, 6.45) is 2.88. The van der Waals surface area contributed by atoms with E-state index in [4.69, 9.17) is 4.74 Å². The molecule has 0 aromatic carbocycles. The molecule has 0 aromatic heterocycles. The quantitative estimate of drug-likeness (QED) is 0.645. The maximum atomic E-state index is 10.3. The normalized spacial score (nSPS) is 32.9. The maximum absolute atomic E-state index is 10.3. The van der Waals surface area contributed by atoms with E-state index < -0.39 is 22.9 Å². The molecule has 0 bridgehead atoms. The lowest BCUT2D eigenvalue weighted by atomic mass is 9.88. The van der Waals surface area contributed by atoms with E-state index in [1.54, 1.807) is 20.8 Å². The van der Waals surface area contributed by atoms with Gasteiger partial charge in [0.05, 0.1) is 29.0 Å². The van der Waals surface area contributed by atoms with E-state index in [1.165, 1.54) is 6.08 Å². The average Bonchev–Trinajstić information content (AvgIpc) is 2.70. The van der Waals surface area contributed by atoms with Crippen molar-refractivity contribution < 1.29 is 20.1 Å². The Hall–Kier alpha value is -0.420. The van der Waals surface area contributed by atoms with Crippen molar-refractivity contribution in [3.8, 4) is 0 Å². The molecule has 0 unspecified atom stereocenters. The van der Waals surface area contributed by atoms with Gasteiger partial charge in [-0.1, -0.05) is 6.08 Å². The fourth-order valence-electron chi connectivity index (χ4n) is 2.44. The van der Waals surface area contributed by atoms with E-state index in [2.05, 4.69) is 6.58 Å². The highest BCUT2D eigenvalue weighted by atomic mass is 16.5. The lowest BCUT2D eigenvalue weighted by Crippen LogP contribution is -2.44. The summed E-state index contributed by atoms with van der Waals surface area (Å²) in [5.41, 5.74) is -2.52. The van der Waals surface area contributed by atoms with Gasteiger partial charge < -0.3 is 20.1 Å². The zero-order chi connectivity index (χ0) is 14.9. The van der Waals surface area contributed by atoms with Gasteiger partial charge in [0.2, 0.25) is 0 Å². The molecule has 0 saturated carbocycles. The van der Waals surface area contributed by atoms with Crippen molar-refractivity contribution in [2.24, 2.45) is 0 Å². The minimum Gasteiger partial charge on any atom is -0.390 e. The van der Waals surface area contributed by atoms with Crippen molar-refractivity contribution in [3.05, 3.63) is 12.7 Å². The van der Waals surface area contributed by atoms with Crippen LogP contribution in [-0.4, -0.2) is 44.3 Å². The third-order valence-corrected chi connectivity index (χ3v) is 4.17. The average molecular weight is 272 g/mol. The Bertz CT molecular complexity index is 319. The Morgan fingerprint density at radius 1 is 1.42 bits per heavy atom. The SMILES string of the molecule is C=C[C@](C)(O)CC[C@@H](O)[C@@]1(C)CC[C@H](C(C)(C)O)O1. The number of hydrogen-bond donors (Lipinski definition) is 3. The Labute approximate surface area is 116 Å². The van der Waals surface area contributed by atoms with Crippen LogP contribution in [0.25, 0.3) is 0 Å². The highest BCUT2D eigenvalue weighted by Crippen LogP contribution is 2.38. The smallest absolute Gasteiger partial charge is 0.0918 e. The van der Waals surface area contributed by atoms with Gasteiger partial charge in [-0.25, -0.2) is 0 Å². The number of aliphatic hydroxyl groups is 3. The van der Waals surface area contributed by atoms with Gasteiger partial charge in [0.15, 0.2) is 0 Å². The van der Waals surface area contributed by atoms with Crippen LogP contribution in [0.4, 0.5) is 0 Å². The molecule has 3 N–H and O–H groups in total. The van der Waals surface area contributed by atoms with Crippen LogP contribution in [-0.2, 0) is 4.74 Å².